The maximum absolute atomic E-state index is 13.9. The van der Waals surface area contributed by atoms with E-state index in [9.17, 15) is 19.2 Å². The lowest BCUT2D eigenvalue weighted by molar-refractivity contribution is -0.133. The molecule has 1 unspecified atom stereocenters. The van der Waals surface area contributed by atoms with Crippen molar-refractivity contribution in [2.24, 2.45) is 0 Å². The number of carbonyl (C=O) groups is 4. The Labute approximate surface area is 233 Å². The normalized spacial score (nSPS) is 18.5. The van der Waals surface area contributed by atoms with Crippen molar-refractivity contribution in [3.05, 3.63) is 81.7 Å². The molecule has 3 N–H and O–H groups in total. The van der Waals surface area contributed by atoms with Crippen LogP contribution in [0.25, 0.3) is 0 Å². The van der Waals surface area contributed by atoms with E-state index in [1.54, 1.807) is 35.2 Å². The first kappa shape index (κ1) is 26.5. The van der Waals surface area contributed by atoms with E-state index in [1.165, 1.54) is 7.11 Å². The lowest BCUT2D eigenvalue weighted by Crippen LogP contribution is -2.50. The number of nitrogens with zero attached hydrogens (tertiary/aromatic N) is 1. The summed E-state index contributed by atoms with van der Waals surface area (Å²) in [5.41, 5.74) is 1.13. The first-order chi connectivity index (χ1) is 18.8. The highest BCUT2D eigenvalue weighted by Crippen LogP contribution is 2.44. The van der Waals surface area contributed by atoms with Gasteiger partial charge in [0.25, 0.3) is 5.91 Å². The molecule has 0 radical (unpaired) electrons. The van der Waals surface area contributed by atoms with Crippen molar-refractivity contribution in [3.8, 4) is 0 Å². The summed E-state index contributed by atoms with van der Waals surface area (Å²) in [7, 11) is 1.25. The molecule has 1 aromatic heterocycles. The Morgan fingerprint density at radius 1 is 1.18 bits per heavy atom. The van der Waals surface area contributed by atoms with Crippen LogP contribution in [0.3, 0.4) is 0 Å². The summed E-state index contributed by atoms with van der Waals surface area (Å²) < 4.78 is 10.3. The average molecular weight is 569 g/mol. The van der Waals surface area contributed by atoms with Gasteiger partial charge in [0.2, 0.25) is 5.91 Å². The Morgan fingerprint density at radius 3 is 2.74 bits per heavy atom. The number of thiophene rings is 1. The topological polar surface area (TPSA) is 126 Å². The highest BCUT2D eigenvalue weighted by Gasteiger charge is 2.49. The van der Waals surface area contributed by atoms with Gasteiger partial charge in [0, 0.05) is 30.0 Å². The zero-order valence-electron chi connectivity index (χ0n) is 20.9. The van der Waals surface area contributed by atoms with Crippen molar-refractivity contribution in [1.82, 2.24) is 10.2 Å². The number of ether oxygens (including phenoxy) is 2. The molecular weight excluding hydrogens is 544 g/mol. The van der Waals surface area contributed by atoms with Gasteiger partial charge in [0.1, 0.15) is 6.04 Å². The molecule has 5 rings (SSSR count). The number of halogens is 1. The van der Waals surface area contributed by atoms with Crippen LogP contribution in [0.2, 0.25) is 5.02 Å². The Morgan fingerprint density at radius 2 is 1.97 bits per heavy atom. The number of methoxy groups -OCH3 is 1. The van der Waals surface area contributed by atoms with Gasteiger partial charge in [-0.15, -0.1) is 11.3 Å². The van der Waals surface area contributed by atoms with Crippen molar-refractivity contribution in [2.45, 2.75) is 24.5 Å². The van der Waals surface area contributed by atoms with Gasteiger partial charge in [-0.2, -0.15) is 0 Å². The van der Waals surface area contributed by atoms with Crippen molar-refractivity contribution in [2.75, 3.05) is 30.8 Å². The maximum Gasteiger partial charge on any atom is 0.412 e. The summed E-state index contributed by atoms with van der Waals surface area (Å²) in [6.07, 6.45) is -0.594. The minimum Gasteiger partial charge on any atom is -0.453 e. The Bertz CT molecular complexity index is 1430. The summed E-state index contributed by atoms with van der Waals surface area (Å²) in [5, 5.41) is 9.00. The molecule has 2 aromatic carbocycles. The number of carbonyl (C=O) groups excluding carboxylic acids is 4. The molecular formula is C27H25ClN4O6S. The first-order valence-corrected chi connectivity index (χ1v) is 13.3. The van der Waals surface area contributed by atoms with Crippen LogP contribution in [0.5, 0.6) is 0 Å². The number of likely N-dealkylation sites (tertiary alicyclic amines) is 1. The summed E-state index contributed by atoms with van der Waals surface area (Å²) in [6, 6.07) is 16.8. The van der Waals surface area contributed by atoms with Crippen LogP contribution in [0.15, 0.2) is 60.7 Å². The number of nitrogens with one attached hydrogen (secondary N) is 3. The van der Waals surface area contributed by atoms with E-state index in [4.69, 9.17) is 16.3 Å². The SMILES string of the molecule is COC(=O)Nc1ccc(C(=O)N[C@@H](Cc2ccccc2)C(=O)N2CCC3(C2)OC(=O)Nc2ccc(Cl)cc23)s1. The lowest BCUT2D eigenvalue weighted by atomic mass is 9.90. The minimum atomic E-state index is -1.04. The smallest absolute Gasteiger partial charge is 0.412 e. The summed E-state index contributed by atoms with van der Waals surface area (Å²) in [6.45, 7) is 0.450. The molecule has 12 heteroatoms. The second-order valence-electron chi connectivity index (χ2n) is 9.20. The molecule has 1 fully saturated rings. The third kappa shape index (κ3) is 5.69. The standard InChI is InChI=1S/C27H25ClN4O6S/c1-37-25(35)31-22-10-9-21(39-22)23(33)29-20(13-16-5-3-2-4-6-16)24(34)32-12-11-27(15-32)18-14-17(28)7-8-19(18)30-26(36)38-27/h2-10,14,20H,11-13,15H2,1H3,(H,29,33)(H,30,36)(H,31,35)/t20-,27?/m0/s1. The van der Waals surface area contributed by atoms with E-state index in [-0.39, 0.29) is 18.9 Å². The van der Waals surface area contributed by atoms with E-state index in [2.05, 4.69) is 20.7 Å². The number of fused-ring (bicyclic) bond motifs is 2. The number of amides is 4. The van der Waals surface area contributed by atoms with E-state index >= 15 is 0 Å². The van der Waals surface area contributed by atoms with Crippen LogP contribution in [0, 0.1) is 0 Å². The Balaban J connectivity index is 1.37. The number of rotatable bonds is 6. The van der Waals surface area contributed by atoms with Crippen LogP contribution < -0.4 is 16.0 Å². The molecule has 1 saturated heterocycles. The van der Waals surface area contributed by atoms with Gasteiger partial charge >= 0.3 is 12.2 Å². The predicted molar refractivity (Wildman–Crippen MR) is 146 cm³/mol. The predicted octanol–water partition coefficient (Wildman–Crippen LogP) is 4.61. The van der Waals surface area contributed by atoms with Crippen LogP contribution >= 0.6 is 22.9 Å². The second-order valence-corrected chi connectivity index (χ2v) is 10.7. The van der Waals surface area contributed by atoms with Gasteiger partial charge in [-0.05, 0) is 35.9 Å². The highest BCUT2D eigenvalue weighted by molar-refractivity contribution is 7.18. The minimum absolute atomic E-state index is 0.125. The third-order valence-corrected chi connectivity index (χ3v) is 7.90. The zero-order chi connectivity index (χ0) is 27.6. The van der Waals surface area contributed by atoms with Crippen molar-refractivity contribution in [1.29, 1.82) is 0 Å². The van der Waals surface area contributed by atoms with E-state index < -0.39 is 29.7 Å². The molecule has 202 valence electrons. The van der Waals surface area contributed by atoms with E-state index in [0.717, 1.165) is 16.9 Å². The van der Waals surface area contributed by atoms with Crippen LogP contribution in [0.4, 0.5) is 20.3 Å². The van der Waals surface area contributed by atoms with Crippen molar-refractivity contribution < 1.29 is 28.7 Å². The fourth-order valence-electron chi connectivity index (χ4n) is 4.82. The molecule has 0 saturated carbocycles. The lowest BCUT2D eigenvalue weighted by Gasteiger charge is -2.35. The zero-order valence-corrected chi connectivity index (χ0v) is 22.4. The number of hydrogen-bond acceptors (Lipinski definition) is 7. The summed E-state index contributed by atoms with van der Waals surface area (Å²) in [4.78, 5) is 52.8. The maximum atomic E-state index is 13.9. The van der Waals surface area contributed by atoms with Gasteiger partial charge in [-0.1, -0.05) is 41.9 Å². The molecule has 39 heavy (non-hydrogen) atoms. The second kappa shape index (κ2) is 11.0. The Kier molecular flexibility index (Phi) is 7.45. The van der Waals surface area contributed by atoms with Crippen LogP contribution in [0.1, 0.15) is 27.2 Å². The molecule has 0 aliphatic carbocycles. The fourth-order valence-corrected chi connectivity index (χ4v) is 5.79. The largest absolute Gasteiger partial charge is 0.453 e. The van der Waals surface area contributed by atoms with Gasteiger partial charge in [0.05, 0.1) is 29.2 Å². The van der Waals surface area contributed by atoms with Gasteiger partial charge in [0.15, 0.2) is 5.60 Å². The average Bonchev–Trinajstić information content (AvgIpc) is 3.57. The summed E-state index contributed by atoms with van der Waals surface area (Å²) in [5.74, 6) is -0.752. The van der Waals surface area contributed by atoms with Crippen LogP contribution in [-0.2, 0) is 26.3 Å². The molecule has 3 aromatic rings. The monoisotopic (exact) mass is 568 g/mol. The molecule has 2 aliphatic rings. The molecule has 1 spiro atoms. The van der Waals surface area contributed by atoms with E-state index in [1.807, 2.05) is 30.3 Å². The van der Waals surface area contributed by atoms with Crippen molar-refractivity contribution in [3.63, 3.8) is 0 Å². The quantitative estimate of drug-likeness (QED) is 0.399. The molecule has 3 heterocycles. The number of benzene rings is 2. The van der Waals surface area contributed by atoms with Crippen molar-refractivity contribution >= 4 is 57.6 Å². The van der Waals surface area contributed by atoms with E-state index in [0.29, 0.717) is 39.1 Å². The molecule has 2 atom stereocenters. The highest BCUT2D eigenvalue weighted by atomic mass is 35.5. The third-order valence-electron chi connectivity index (χ3n) is 6.67. The first-order valence-electron chi connectivity index (χ1n) is 12.1. The van der Waals surface area contributed by atoms with Crippen LogP contribution in [-0.4, -0.2) is 55.1 Å². The fraction of sp³-hybridized carbons (Fsp3) is 0.259. The summed E-state index contributed by atoms with van der Waals surface area (Å²) >= 11 is 7.30. The Hall–Kier alpha value is -4.09. The number of anilines is 2. The van der Waals surface area contributed by atoms with Gasteiger partial charge in [-0.3, -0.25) is 20.2 Å². The molecule has 10 nitrogen and oxygen atoms in total. The van der Waals surface area contributed by atoms with Gasteiger partial charge in [-0.25, -0.2) is 9.59 Å². The molecule has 0 bridgehead atoms. The molecule has 2 aliphatic heterocycles. The molecule has 4 amide bonds. The number of hydrogen-bond donors (Lipinski definition) is 3. The van der Waals surface area contributed by atoms with Gasteiger partial charge < -0.3 is 19.7 Å².